The van der Waals surface area contributed by atoms with E-state index in [-0.39, 0.29) is 10.9 Å². The number of nitrogens with zero attached hydrogens (tertiary/aromatic N) is 1. The van der Waals surface area contributed by atoms with E-state index in [1.165, 1.54) is 14.2 Å². The molecule has 0 unspecified atom stereocenters. The van der Waals surface area contributed by atoms with Crippen LogP contribution in [0.2, 0.25) is 0 Å². The van der Waals surface area contributed by atoms with Gasteiger partial charge >= 0.3 is 0 Å². The molecule has 0 aliphatic carbocycles. The summed E-state index contributed by atoms with van der Waals surface area (Å²) in [6, 6.07) is 0. The van der Waals surface area contributed by atoms with Crippen molar-refractivity contribution in [3.05, 3.63) is 10.1 Å². The van der Waals surface area contributed by atoms with Crippen molar-refractivity contribution in [3.63, 3.8) is 0 Å². The third-order valence-corrected chi connectivity index (χ3v) is 2.88. The van der Waals surface area contributed by atoms with Gasteiger partial charge in [-0.25, -0.2) is 0 Å². The second kappa shape index (κ2) is 8.04. The molecule has 0 saturated heterocycles. The predicted octanol–water partition coefficient (Wildman–Crippen LogP) is 0.790. The van der Waals surface area contributed by atoms with Crippen LogP contribution in [0.15, 0.2) is 0 Å². The monoisotopic (exact) mass is 241 g/mol. The fourth-order valence-electron chi connectivity index (χ4n) is 0.540. The van der Waals surface area contributed by atoms with Crippen molar-refractivity contribution in [2.24, 2.45) is 0 Å². The Morgan fingerprint density at radius 2 is 2.07 bits per heavy atom. The van der Waals surface area contributed by atoms with Gasteiger partial charge in [0.15, 0.2) is 6.29 Å². The molecule has 0 aromatic heterocycles. The maximum Gasteiger partial charge on any atom is 0.237 e. The highest BCUT2D eigenvalue weighted by Gasteiger charge is 2.13. The number of carbonyl (C=O) groups excluding carboxylic acids is 1. The van der Waals surface area contributed by atoms with Crippen LogP contribution < -0.4 is 0 Å². The summed E-state index contributed by atoms with van der Waals surface area (Å²) in [5, 5.41) is 9.65. The summed E-state index contributed by atoms with van der Waals surface area (Å²) >= 11 is 1.34. The average molecular weight is 241 g/mol. The molecule has 0 fully saturated rings. The van der Waals surface area contributed by atoms with Crippen LogP contribution in [0.25, 0.3) is 0 Å². The molecule has 0 aliphatic rings. The fraction of sp³-hybridized carbons (Fsp3) is 0.833. The summed E-state index contributed by atoms with van der Waals surface area (Å²) < 4.78 is 9.08. The van der Waals surface area contributed by atoms with Gasteiger partial charge in [-0.2, -0.15) is 0 Å². The molecule has 8 heteroatoms. The first-order valence-corrected chi connectivity index (χ1v) is 5.51. The fourth-order valence-corrected chi connectivity index (χ4v) is 1.84. The maximum absolute atomic E-state index is 11.0. The van der Waals surface area contributed by atoms with Gasteiger partial charge in [0.1, 0.15) is 10.1 Å². The number of nitro groups is 1. The van der Waals surface area contributed by atoms with E-state index >= 15 is 0 Å². The third-order valence-electron chi connectivity index (χ3n) is 1.19. The molecule has 0 atom stereocenters. The van der Waals surface area contributed by atoms with Crippen LogP contribution in [-0.2, 0) is 14.3 Å². The number of rotatable bonds is 7. The number of hydrogen-bond acceptors (Lipinski definition) is 7. The molecule has 0 bridgehead atoms. The Balaban J connectivity index is 3.57. The highest BCUT2D eigenvalue weighted by Crippen LogP contribution is 2.11. The molecule has 0 aromatic rings. The second-order valence-corrected chi connectivity index (χ2v) is 4.00. The normalized spacial score (nSPS) is 10.5. The van der Waals surface area contributed by atoms with Gasteiger partial charge in [-0.3, -0.25) is 14.9 Å². The molecule has 0 radical (unpaired) electrons. The van der Waals surface area contributed by atoms with E-state index in [9.17, 15) is 14.9 Å². The van der Waals surface area contributed by atoms with Crippen LogP contribution in [0.1, 0.15) is 0 Å². The molecule has 0 N–H and O–H groups in total. The van der Waals surface area contributed by atoms with Crippen molar-refractivity contribution in [3.8, 4) is 0 Å². The highest BCUT2D eigenvalue weighted by molar-refractivity contribution is 8.15. The molecule has 0 heterocycles. The molecule has 0 amide bonds. The Morgan fingerprint density at radius 1 is 1.50 bits per heavy atom. The van der Waals surface area contributed by atoms with Crippen LogP contribution >= 0.6 is 23.7 Å². The SMILES string of the molecule is COC(CSC(=O)CS[N+](=O)[O-])OC. The smallest absolute Gasteiger partial charge is 0.237 e. The van der Waals surface area contributed by atoms with E-state index in [2.05, 4.69) is 0 Å². The molecule has 0 spiro atoms. The van der Waals surface area contributed by atoms with Crippen molar-refractivity contribution >= 4 is 28.8 Å². The Hall–Kier alpha value is -0.310. The molecule has 82 valence electrons. The Bertz CT molecular complexity index is 197. The molecular weight excluding hydrogens is 230 g/mol. The summed E-state index contributed by atoms with van der Waals surface area (Å²) in [6.45, 7) is 0. The van der Waals surface area contributed by atoms with Crippen LogP contribution in [0.4, 0.5) is 0 Å². The first-order chi connectivity index (χ1) is 6.60. The number of ether oxygens (including phenoxy) is 2. The van der Waals surface area contributed by atoms with E-state index in [1.807, 2.05) is 0 Å². The zero-order valence-corrected chi connectivity index (χ0v) is 9.43. The van der Waals surface area contributed by atoms with Crippen molar-refractivity contribution in [1.29, 1.82) is 0 Å². The van der Waals surface area contributed by atoms with Gasteiger partial charge in [0, 0.05) is 14.2 Å². The molecule has 0 aliphatic heterocycles. The largest absolute Gasteiger partial charge is 0.355 e. The standard InChI is InChI=1S/C6H11NO5S2/c1-11-6(12-2)4-13-5(8)3-14-7(9)10/h6H,3-4H2,1-2H3. The Kier molecular flexibility index (Phi) is 7.86. The Morgan fingerprint density at radius 3 is 2.50 bits per heavy atom. The lowest BCUT2D eigenvalue weighted by Crippen LogP contribution is -2.17. The lowest BCUT2D eigenvalue weighted by Gasteiger charge is -2.10. The van der Waals surface area contributed by atoms with Crippen molar-refractivity contribution in [2.75, 3.05) is 25.7 Å². The number of thioether (sulfide) groups is 1. The van der Waals surface area contributed by atoms with Crippen LogP contribution in [-0.4, -0.2) is 41.5 Å². The highest BCUT2D eigenvalue weighted by atomic mass is 32.2. The summed E-state index contributed by atoms with van der Waals surface area (Å²) in [5.41, 5.74) is 0. The summed E-state index contributed by atoms with van der Waals surface area (Å²) in [6.07, 6.45) is -0.454. The van der Waals surface area contributed by atoms with Gasteiger partial charge in [0.05, 0.1) is 5.75 Å². The zero-order valence-electron chi connectivity index (χ0n) is 7.80. The second-order valence-electron chi connectivity index (χ2n) is 2.08. The third kappa shape index (κ3) is 7.13. The number of methoxy groups -OCH3 is 2. The van der Waals surface area contributed by atoms with E-state index in [1.54, 1.807) is 0 Å². The van der Waals surface area contributed by atoms with Crippen LogP contribution in [0, 0.1) is 10.1 Å². The van der Waals surface area contributed by atoms with E-state index < -0.39 is 10.6 Å². The lowest BCUT2D eigenvalue weighted by atomic mass is 10.7. The first kappa shape index (κ1) is 13.7. The van der Waals surface area contributed by atoms with Crippen molar-refractivity contribution in [1.82, 2.24) is 0 Å². The van der Waals surface area contributed by atoms with E-state index in [0.29, 0.717) is 17.7 Å². The zero-order chi connectivity index (χ0) is 11.0. The Labute approximate surface area is 90.0 Å². The van der Waals surface area contributed by atoms with Gasteiger partial charge in [0.25, 0.3) is 0 Å². The van der Waals surface area contributed by atoms with Crippen molar-refractivity contribution in [2.45, 2.75) is 6.29 Å². The molecule has 0 aromatic carbocycles. The minimum atomic E-state index is -0.595. The van der Waals surface area contributed by atoms with Gasteiger partial charge in [-0.1, -0.05) is 11.8 Å². The number of hydrogen-bond donors (Lipinski definition) is 0. The predicted molar refractivity (Wildman–Crippen MR) is 54.7 cm³/mol. The molecular formula is C6H11NO5S2. The van der Waals surface area contributed by atoms with Gasteiger partial charge < -0.3 is 9.47 Å². The molecule has 0 rings (SSSR count). The topological polar surface area (TPSA) is 78.7 Å². The van der Waals surface area contributed by atoms with E-state index in [0.717, 1.165) is 11.8 Å². The van der Waals surface area contributed by atoms with Crippen LogP contribution in [0.5, 0.6) is 0 Å². The number of carbonyl (C=O) groups is 1. The van der Waals surface area contributed by atoms with Crippen LogP contribution in [0.3, 0.4) is 0 Å². The van der Waals surface area contributed by atoms with E-state index in [4.69, 9.17) is 9.47 Å². The molecule has 14 heavy (non-hydrogen) atoms. The summed E-state index contributed by atoms with van der Waals surface area (Å²) in [4.78, 5) is 20.9. The van der Waals surface area contributed by atoms with Gasteiger partial charge in [0.2, 0.25) is 17.1 Å². The maximum atomic E-state index is 11.0. The van der Waals surface area contributed by atoms with Gasteiger partial charge in [-0.15, -0.1) is 0 Å². The first-order valence-electron chi connectivity index (χ1n) is 3.58. The minimum Gasteiger partial charge on any atom is -0.355 e. The lowest BCUT2D eigenvalue weighted by molar-refractivity contribution is -0.283. The molecule has 0 saturated carbocycles. The van der Waals surface area contributed by atoms with Gasteiger partial charge in [-0.05, 0) is 0 Å². The molecule has 6 nitrogen and oxygen atoms in total. The summed E-state index contributed by atoms with van der Waals surface area (Å²) in [5.74, 6) is 0.196. The summed E-state index contributed by atoms with van der Waals surface area (Å²) in [7, 11) is 2.93. The van der Waals surface area contributed by atoms with Crippen molar-refractivity contribution < 1.29 is 18.6 Å². The quantitative estimate of drug-likeness (QED) is 0.282. The average Bonchev–Trinajstić information content (AvgIpc) is 2.16. The minimum absolute atomic E-state index is 0.141.